The van der Waals surface area contributed by atoms with Gasteiger partial charge in [-0.15, -0.1) is 0 Å². The summed E-state index contributed by atoms with van der Waals surface area (Å²) in [5.74, 6) is -1.65. The Labute approximate surface area is 178 Å². The zero-order valence-electron chi connectivity index (χ0n) is 11.5. The van der Waals surface area contributed by atoms with Crippen molar-refractivity contribution in [3.8, 4) is 0 Å². The second-order valence-electron chi connectivity index (χ2n) is 2.77. The van der Waals surface area contributed by atoms with Gasteiger partial charge in [0.1, 0.15) is 0 Å². The standard InChI is InChI=1S/C8H15NO4.2K.2H/c10-7(11)4-2-1-3-5-9-6-8(12)13;;;;/h9H,1-6H2,(H,10,11)(H,12,13);;;;/q;2*+1;2*-1. The number of hydrogen-bond donors (Lipinski definition) is 3. The molecule has 0 bridgehead atoms. The summed E-state index contributed by atoms with van der Waals surface area (Å²) in [5, 5.41) is 19.3. The second kappa shape index (κ2) is 16.2. The van der Waals surface area contributed by atoms with E-state index < -0.39 is 11.9 Å². The van der Waals surface area contributed by atoms with Crippen molar-refractivity contribution in [3.63, 3.8) is 0 Å². The van der Waals surface area contributed by atoms with E-state index in [9.17, 15) is 9.59 Å². The molecular formula is C8H17K2NO4. The molecule has 0 aliphatic rings. The molecule has 0 fully saturated rings. The molecule has 0 aliphatic carbocycles. The Bertz CT molecular complexity index is 169. The molecule has 3 N–H and O–H groups in total. The third-order valence-corrected chi connectivity index (χ3v) is 1.52. The van der Waals surface area contributed by atoms with Crippen molar-refractivity contribution < 1.29 is 125 Å². The maximum Gasteiger partial charge on any atom is 1.00 e. The van der Waals surface area contributed by atoms with Crippen LogP contribution < -0.4 is 108 Å². The minimum absolute atomic E-state index is 0. The van der Waals surface area contributed by atoms with Crippen molar-refractivity contribution in [2.45, 2.75) is 25.7 Å². The number of rotatable bonds is 8. The third-order valence-electron chi connectivity index (χ3n) is 1.52. The molecule has 80 valence electrons. The van der Waals surface area contributed by atoms with Crippen molar-refractivity contribution in [1.29, 1.82) is 0 Å². The van der Waals surface area contributed by atoms with Gasteiger partial charge in [-0.2, -0.15) is 0 Å². The second-order valence-corrected chi connectivity index (χ2v) is 2.77. The van der Waals surface area contributed by atoms with Gasteiger partial charge in [-0.3, -0.25) is 9.59 Å². The van der Waals surface area contributed by atoms with Crippen molar-refractivity contribution in [1.82, 2.24) is 5.32 Å². The predicted octanol–water partition coefficient (Wildman–Crippen LogP) is -5.46. The van der Waals surface area contributed by atoms with E-state index in [1.54, 1.807) is 0 Å². The van der Waals surface area contributed by atoms with Gasteiger partial charge in [0.15, 0.2) is 0 Å². The minimum atomic E-state index is -0.870. The number of carbonyl (C=O) groups is 2. The van der Waals surface area contributed by atoms with Crippen molar-refractivity contribution in [2.24, 2.45) is 0 Å². The fourth-order valence-electron chi connectivity index (χ4n) is 0.898. The first kappa shape index (κ1) is 22.4. The molecule has 0 unspecified atom stereocenters. The van der Waals surface area contributed by atoms with E-state index >= 15 is 0 Å². The van der Waals surface area contributed by atoms with E-state index in [0.717, 1.165) is 12.8 Å². The minimum Gasteiger partial charge on any atom is -1.00 e. The maximum absolute atomic E-state index is 10.1. The maximum atomic E-state index is 10.1. The molecule has 0 rings (SSSR count). The molecule has 0 heterocycles. The van der Waals surface area contributed by atoms with Crippen LogP contribution in [0, 0.1) is 0 Å². The number of hydrogen-bond acceptors (Lipinski definition) is 3. The van der Waals surface area contributed by atoms with E-state index in [4.69, 9.17) is 10.2 Å². The van der Waals surface area contributed by atoms with Gasteiger partial charge in [-0.25, -0.2) is 0 Å². The van der Waals surface area contributed by atoms with Gasteiger partial charge in [0.25, 0.3) is 0 Å². The normalized spacial score (nSPS) is 8.53. The summed E-state index contributed by atoms with van der Waals surface area (Å²) in [6.45, 7) is 0.602. The predicted molar refractivity (Wildman–Crippen MR) is 48.8 cm³/mol. The average molecular weight is 269 g/mol. The Hall–Kier alpha value is 2.17. The van der Waals surface area contributed by atoms with Gasteiger partial charge in [0, 0.05) is 6.42 Å². The van der Waals surface area contributed by atoms with Gasteiger partial charge in [-0.1, -0.05) is 6.42 Å². The van der Waals surface area contributed by atoms with Crippen LogP contribution in [-0.4, -0.2) is 35.2 Å². The average Bonchev–Trinajstić information content (AvgIpc) is 2.01. The monoisotopic (exact) mass is 269 g/mol. The molecule has 0 aromatic heterocycles. The summed E-state index contributed by atoms with van der Waals surface area (Å²) in [5.41, 5.74) is 0. The van der Waals surface area contributed by atoms with Gasteiger partial charge in [-0.05, 0) is 19.4 Å². The summed E-state index contributed by atoms with van der Waals surface area (Å²) < 4.78 is 0. The van der Waals surface area contributed by atoms with Gasteiger partial charge < -0.3 is 18.4 Å². The smallest absolute Gasteiger partial charge is 1.00 e. The molecular weight excluding hydrogens is 252 g/mol. The molecule has 0 amide bonds. The quantitative estimate of drug-likeness (QED) is 0.302. The van der Waals surface area contributed by atoms with Crippen LogP contribution in [0.3, 0.4) is 0 Å². The molecule has 5 nitrogen and oxygen atoms in total. The van der Waals surface area contributed by atoms with Crippen molar-refractivity contribution in [3.05, 3.63) is 0 Å². The van der Waals surface area contributed by atoms with E-state index in [1.165, 1.54) is 0 Å². The number of aliphatic carboxylic acids is 2. The van der Waals surface area contributed by atoms with Crippen LogP contribution in [-0.2, 0) is 9.59 Å². The van der Waals surface area contributed by atoms with Gasteiger partial charge in [0.05, 0.1) is 6.54 Å². The summed E-state index contributed by atoms with van der Waals surface area (Å²) in [7, 11) is 0. The molecule has 15 heavy (non-hydrogen) atoms. The summed E-state index contributed by atoms with van der Waals surface area (Å²) >= 11 is 0. The Morgan fingerprint density at radius 3 is 2.07 bits per heavy atom. The van der Waals surface area contributed by atoms with Crippen LogP contribution in [0.15, 0.2) is 0 Å². The Morgan fingerprint density at radius 1 is 1.00 bits per heavy atom. The van der Waals surface area contributed by atoms with Crippen LogP contribution in [0.1, 0.15) is 28.5 Å². The molecule has 0 saturated heterocycles. The zero-order chi connectivity index (χ0) is 10.1. The van der Waals surface area contributed by atoms with Gasteiger partial charge in [0.2, 0.25) is 0 Å². The van der Waals surface area contributed by atoms with Crippen LogP contribution in [0.25, 0.3) is 0 Å². The van der Waals surface area contributed by atoms with Crippen molar-refractivity contribution >= 4 is 11.9 Å². The van der Waals surface area contributed by atoms with E-state index in [-0.39, 0.29) is 119 Å². The molecule has 0 aliphatic heterocycles. The first-order valence-corrected chi connectivity index (χ1v) is 4.27. The molecule has 0 atom stereocenters. The van der Waals surface area contributed by atoms with Crippen LogP contribution >= 0.6 is 0 Å². The number of unbranched alkanes of at least 4 members (excludes halogenated alkanes) is 2. The summed E-state index contributed by atoms with van der Waals surface area (Å²) in [4.78, 5) is 20.1. The van der Waals surface area contributed by atoms with E-state index in [0.29, 0.717) is 13.0 Å². The number of nitrogens with one attached hydrogen (secondary N) is 1. The molecule has 0 aromatic carbocycles. The van der Waals surface area contributed by atoms with Crippen molar-refractivity contribution in [2.75, 3.05) is 13.1 Å². The number of carboxylic acids is 2. The third kappa shape index (κ3) is 21.9. The topological polar surface area (TPSA) is 86.6 Å². The Kier molecular flexibility index (Phi) is 24.1. The largest absolute Gasteiger partial charge is 1.00 e. The summed E-state index contributed by atoms with van der Waals surface area (Å²) in [6, 6.07) is 0. The Balaban J connectivity index is -0.000000120. The SMILES string of the molecule is O=C(O)CCCCCNCC(=O)O.[H-].[H-].[K+].[K+]. The first-order chi connectivity index (χ1) is 6.13. The van der Waals surface area contributed by atoms with E-state index in [2.05, 4.69) is 5.32 Å². The van der Waals surface area contributed by atoms with Gasteiger partial charge >= 0.3 is 115 Å². The molecule has 7 heteroatoms. The molecule has 0 spiro atoms. The first-order valence-electron chi connectivity index (χ1n) is 4.27. The zero-order valence-corrected chi connectivity index (χ0v) is 15.7. The van der Waals surface area contributed by atoms with E-state index in [1.807, 2.05) is 0 Å². The molecule has 0 aromatic rings. The van der Waals surface area contributed by atoms with Crippen LogP contribution in [0.4, 0.5) is 0 Å². The number of carboxylic acid groups (broad SMARTS) is 2. The molecule has 0 radical (unpaired) electrons. The van der Waals surface area contributed by atoms with Crippen LogP contribution in [0.5, 0.6) is 0 Å². The fourth-order valence-corrected chi connectivity index (χ4v) is 0.898. The van der Waals surface area contributed by atoms with Crippen LogP contribution in [0.2, 0.25) is 0 Å². The molecule has 0 saturated carbocycles. The Morgan fingerprint density at radius 2 is 1.60 bits per heavy atom. The fraction of sp³-hybridized carbons (Fsp3) is 0.750. The summed E-state index contributed by atoms with van der Waals surface area (Å²) in [6.07, 6.45) is 2.49.